The number of rotatable bonds is 12. The molecule has 13 nitrogen and oxygen atoms in total. The van der Waals surface area contributed by atoms with Crippen molar-refractivity contribution in [1.82, 2.24) is 15.5 Å². The number of benzene rings is 2. The van der Waals surface area contributed by atoms with E-state index >= 15 is 0 Å². The van der Waals surface area contributed by atoms with E-state index in [1.165, 1.54) is 18.0 Å². The van der Waals surface area contributed by atoms with Crippen LogP contribution in [0.4, 0.5) is 14.6 Å². The topological polar surface area (TPSA) is 164 Å². The average molecular weight is 667 g/mol. The molecule has 47 heavy (non-hydrogen) atoms. The van der Waals surface area contributed by atoms with Gasteiger partial charge in [-0.1, -0.05) is 42.5 Å². The number of urea groups is 1. The molecule has 250 valence electrons. The number of ether oxygens (including phenoxy) is 3. The van der Waals surface area contributed by atoms with Crippen LogP contribution in [0, 0.1) is 0 Å². The molecule has 0 aliphatic carbocycles. The normalized spacial score (nSPS) is 14.9. The molecule has 2 unspecified atom stereocenters. The summed E-state index contributed by atoms with van der Waals surface area (Å²) in [5, 5.41) is 16.8. The Hall–Kier alpha value is -4.95. The first-order valence-electron chi connectivity index (χ1n) is 14.7. The Morgan fingerprint density at radius 1 is 1.02 bits per heavy atom. The number of hydrogen-bond donors (Lipinski definition) is 3. The van der Waals surface area contributed by atoms with Gasteiger partial charge in [-0.05, 0) is 50.1 Å². The molecule has 14 heteroatoms. The summed E-state index contributed by atoms with van der Waals surface area (Å²) in [4.78, 5) is 67.6. The van der Waals surface area contributed by atoms with Gasteiger partial charge in [-0.15, -0.1) is 11.3 Å². The molecule has 2 heterocycles. The molecular weight excluding hydrogens is 628 g/mol. The van der Waals surface area contributed by atoms with Crippen molar-refractivity contribution < 1.29 is 43.3 Å². The van der Waals surface area contributed by atoms with E-state index in [2.05, 4.69) is 10.6 Å². The van der Waals surface area contributed by atoms with Crippen LogP contribution in [0.25, 0.3) is 0 Å². The molecule has 1 aliphatic heterocycles. The molecule has 2 atom stereocenters. The molecule has 0 saturated carbocycles. The van der Waals surface area contributed by atoms with Crippen molar-refractivity contribution in [3.63, 3.8) is 0 Å². The Bertz CT molecular complexity index is 1620. The van der Waals surface area contributed by atoms with Crippen molar-refractivity contribution >= 4 is 46.1 Å². The lowest BCUT2D eigenvalue weighted by Crippen LogP contribution is -2.53. The molecule has 2 aromatic carbocycles. The zero-order valence-electron chi connectivity index (χ0n) is 26.8. The van der Waals surface area contributed by atoms with Gasteiger partial charge in [0.2, 0.25) is 0 Å². The maximum absolute atomic E-state index is 13.5. The van der Waals surface area contributed by atoms with E-state index in [9.17, 15) is 29.1 Å². The molecule has 0 bridgehead atoms. The number of fused-ring (bicyclic) bond motifs is 1. The average Bonchev–Trinajstić information content (AvgIpc) is 3.49. The van der Waals surface area contributed by atoms with E-state index in [1.54, 1.807) is 70.3 Å². The van der Waals surface area contributed by atoms with E-state index in [0.29, 0.717) is 16.3 Å². The maximum atomic E-state index is 13.5. The smallest absolute Gasteiger partial charge is 0.408 e. The number of amides is 4. The highest BCUT2D eigenvalue weighted by Gasteiger charge is 2.40. The van der Waals surface area contributed by atoms with E-state index in [1.807, 2.05) is 12.1 Å². The molecule has 3 aromatic rings. The molecule has 0 radical (unpaired) electrons. The molecule has 1 aliphatic rings. The van der Waals surface area contributed by atoms with Crippen LogP contribution in [-0.2, 0) is 32.2 Å². The quantitative estimate of drug-likeness (QED) is 0.241. The molecule has 1 aromatic heterocycles. The first kappa shape index (κ1) is 34.9. The number of Topliss-reactive ketones (excluding diaryl/α,β-unsaturated/α-hetero) is 1. The Morgan fingerprint density at radius 2 is 1.72 bits per heavy atom. The number of aliphatic hydroxyl groups is 1. The number of ketones is 1. The van der Waals surface area contributed by atoms with Gasteiger partial charge in [-0.25, -0.2) is 9.59 Å². The fourth-order valence-corrected chi connectivity index (χ4v) is 5.75. The minimum absolute atomic E-state index is 0.0788. The summed E-state index contributed by atoms with van der Waals surface area (Å²) in [7, 11) is 3.00. The van der Waals surface area contributed by atoms with E-state index in [4.69, 9.17) is 14.2 Å². The SMILES string of the molecule is COc1cccc(CNC(=O)c2cc3c(s2)N(C)C(=O)N(CC(=O)C(CC(=O)OC(C)(C)C)NC(=O)OCc2ccccc2)C3O)c1. The number of thiophene rings is 1. The molecule has 4 rings (SSSR count). The predicted octanol–water partition coefficient (Wildman–Crippen LogP) is 4.15. The maximum Gasteiger partial charge on any atom is 0.408 e. The second-order valence-electron chi connectivity index (χ2n) is 11.8. The Kier molecular flexibility index (Phi) is 11.2. The van der Waals surface area contributed by atoms with Crippen LogP contribution >= 0.6 is 11.3 Å². The summed E-state index contributed by atoms with van der Waals surface area (Å²) in [5.41, 5.74) is 0.917. The van der Waals surface area contributed by atoms with Crippen LogP contribution in [-0.4, -0.2) is 72.1 Å². The summed E-state index contributed by atoms with van der Waals surface area (Å²) in [6.45, 7) is 4.46. The van der Waals surface area contributed by atoms with E-state index in [0.717, 1.165) is 21.8 Å². The number of esters is 1. The standard InChI is InChI=1S/C33H38N4O9S/c1-33(2,3)46-27(39)16-24(35-31(42)45-19-20-10-7-6-8-11-20)25(38)18-37-29(41)23-15-26(47-30(23)36(4)32(37)43)28(40)34-17-21-12-9-13-22(14-21)44-5/h6-15,24,29,41H,16-19H2,1-5H3,(H,34,40)(H,35,42). The van der Waals surface area contributed by atoms with Crippen molar-refractivity contribution in [3.05, 3.63) is 82.2 Å². The summed E-state index contributed by atoms with van der Waals surface area (Å²) >= 11 is 1.02. The highest BCUT2D eigenvalue weighted by Crippen LogP contribution is 2.41. The Balaban J connectivity index is 1.46. The number of hydrogen-bond acceptors (Lipinski definition) is 10. The molecule has 0 spiro atoms. The van der Waals surface area contributed by atoms with Crippen molar-refractivity contribution in [2.45, 2.75) is 58.2 Å². The van der Waals surface area contributed by atoms with Crippen LogP contribution in [0.3, 0.4) is 0 Å². The van der Waals surface area contributed by atoms with Gasteiger partial charge < -0.3 is 30.0 Å². The third-order valence-corrected chi connectivity index (χ3v) is 8.20. The number of carbonyl (C=O) groups excluding carboxylic acids is 5. The van der Waals surface area contributed by atoms with Gasteiger partial charge >= 0.3 is 18.1 Å². The number of alkyl carbamates (subject to hydrolysis) is 1. The molecule has 3 N–H and O–H groups in total. The Labute approximate surface area is 276 Å². The zero-order chi connectivity index (χ0) is 34.3. The van der Waals surface area contributed by atoms with Gasteiger partial charge in [0.25, 0.3) is 5.91 Å². The summed E-state index contributed by atoms with van der Waals surface area (Å²) in [6, 6.07) is 15.4. The molecular formula is C33H38N4O9S. The van der Waals surface area contributed by atoms with Crippen molar-refractivity contribution in [3.8, 4) is 5.75 Å². The van der Waals surface area contributed by atoms with Crippen LogP contribution in [0.2, 0.25) is 0 Å². The van der Waals surface area contributed by atoms with Crippen LogP contribution < -0.4 is 20.3 Å². The van der Waals surface area contributed by atoms with Crippen molar-refractivity contribution in [2.75, 3.05) is 25.6 Å². The second kappa shape index (κ2) is 15.1. The van der Waals surface area contributed by atoms with Gasteiger partial charge in [0.15, 0.2) is 12.0 Å². The van der Waals surface area contributed by atoms with Gasteiger partial charge in [0.05, 0.1) is 25.0 Å². The first-order valence-corrected chi connectivity index (χ1v) is 15.6. The van der Waals surface area contributed by atoms with E-state index in [-0.39, 0.29) is 23.6 Å². The summed E-state index contributed by atoms with van der Waals surface area (Å²) in [5.74, 6) is -1.28. The Morgan fingerprint density at radius 3 is 2.40 bits per heavy atom. The van der Waals surface area contributed by atoms with Crippen LogP contribution in [0.15, 0.2) is 60.7 Å². The van der Waals surface area contributed by atoms with Gasteiger partial charge in [0, 0.05) is 19.2 Å². The zero-order valence-corrected chi connectivity index (χ0v) is 27.6. The van der Waals surface area contributed by atoms with E-state index < -0.39 is 60.6 Å². The number of methoxy groups -OCH3 is 1. The molecule has 0 fully saturated rings. The summed E-state index contributed by atoms with van der Waals surface area (Å²) < 4.78 is 15.8. The van der Waals surface area contributed by atoms with Crippen LogP contribution in [0.5, 0.6) is 5.75 Å². The fourth-order valence-electron chi connectivity index (χ4n) is 4.69. The number of carbonyl (C=O) groups is 5. The number of nitrogens with one attached hydrogen (secondary N) is 2. The van der Waals surface area contributed by atoms with Gasteiger partial charge in [-0.2, -0.15) is 0 Å². The third-order valence-electron chi connectivity index (χ3n) is 6.97. The monoisotopic (exact) mass is 666 g/mol. The number of anilines is 1. The third kappa shape index (κ3) is 9.30. The second-order valence-corrected chi connectivity index (χ2v) is 12.8. The fraction of sp³-hybridized carbons (Fsp3) is 0.364. The molecule has 4 amide bonds. The lowest BCUT2D eigenvalue weighted by molar-refractivity contribution is -0.156. The summed E-state index contributed by atoms with van der Waals surface area (Å²) in [6.07, 6.45) is -3.07. The molecule has 0 saturated heterocycles. The van der Waals surface area contributed by atoms with Gasteiger partial charge in [0.1, 0.15) is 29.0 Å². The lowest BCUT2D eigenvalue weighted by atomic mass is 10.1. The van der Waals surface area contributed by atoms with Crippen molar-refractivity contribution in [2.24, 2.45) is 0 Å². The number of nitrogens with zero attached hydrogens (tertiary/aromatic N) is 2. The minimum Gasteiger partial charge on any atom is -0.497 e. The first-order chi connectivity index (χ1) is 22.3. The largest absolute Gasteiger partial charge is 0.497 e. The lowest BCUT2D eigenvalue weighted by Gasteiger charge is -2.37. The number of aliphatic hydroxyl groups excluding tert-OH is 1. The van der Waals surface area contributed by atoms with Gasteiger partial charge in [-0.3, -0.25) is 24.2 Å². The predicted molar refractivity (Wildman–Crippen MR) is 173 cm³/mol. The highest BCUT2D eigenvalue weighted by molar-refractivity contribution is 7.18. The van der Waals surface area contributed by atoms with Crippen LogP contribution in [0.1, 0.15) is 59.8 Å². The minimum atomic E-state index is -1.58. The highest BCUT2D eigenvalue weighted by atomic mass is 32.1. The van der Waals surface area contributed by atoms with Crippen molar-refractivity contribution in [1.29, 1.82) is 0 Å².